The Bertz CT molecular complexity index is 595. The van der Waals surface area contributed by atoms with Gasteiger partial charge in [-0.15, -0.1) is 11.8 Å². The second kappa shape index (κ2) is 5.78. The van der Waals surface area contributed by atoms with E-state index < -0.39 is 23.4 Å². The van der Waals surface area contributed by atoms with Gasteiger partial charge in [0.1, 0.15) is 0 Å². The molecule has 0 saturated carbocycles. The number of nitrogens with zero attached hydrogens (tertiary/aromatic N) is 1. The highest BCUT2D eigenvalue weighted by atomic mass is 32.2. The summed E-state index contributed by atoms with van der Waals surface area (Å²) in [6, 6.07) is 5.88. The van der Waals surface area contributed by atoms with Crippen LogP contribution >= 0.6 is 11.8 Å². The molecular weight excluding hydrogens is 297 g/mol. The molecule has 1 aromatic carbocycles. The van der Waals surface area contributed by atoms with Crippen LogP contribution in [-0.2, 0) is 11.9 Å². The van der Waals surface area contributed by atoms with Crippen LogP contribution in [0.4, 0.5) is 22.0 Å². The zero-order chi connectivity index (χ0) is 14.8. The number of thioether (sulfide) groups is 1. The van der Waals surface area contributed by atoms with E-state index in [9.17, 15) is 22.0 Å². The molecule has 106 valence electrons. The number of hydrogen-bond acceptors (Lipinski definition) is 2. The van der Waals surface area contributed by atoms with Gasteiger partial charge in [-0.2, -0.15) is 13.2 Å². The number of benzene rings is 1. The van der Waals surface area contributed by atoms with Gasteiger partial charge in [-0.25, -0.2) is 13.8 Å². The quantitative estimate of drug-likeness (QED) is 0.603. The van der Waals surface area contributed by atoms with Crippen LogP contribution < -0.4 is 0 Å². The Labute approximate surface area is 115 Å². The molecule has 0 spiro atoms. The Morgan fingerprint density at radius 2 is 1.80 bits per heavy atom. The Morgan fingerprint density at radius 3 is 2.40 bits per heavy atom. The summed E-state index contributed by atoms with van der Waals surface area (Å²) in [4.78, 5) is 3.64. The zero-order valence-corrected chi connectivity index (χ0v) is 10.7. The minimum Gasteiger partial charge on any atom is -0.249 e. The lowest BCUT2D eigenvalue weighted by Crippen LogP contribution is -2.05. The Balaban J connectivity index is 2.06. The van der Waals surface area contributed by atoms with Crippen molar-refractivity contribution in [1.82, 2.24) is 4.98 Å². The fourth-order valence-corrected chi connectivity index (χ4v) is 2.26. The second-order valence-electron chi connectivity index (χ2n) is 3.88. The summed E-state index contributed by atoms with van der Waals surface area (Å²) in [5, 5.41) is 0.307. The lowest BCUT2D eigenvalue weighted by Gasteiger charge is -2.07. The van der Waals surface area contributed by atoms with Crippen molar-refractivity contribution in [1.29, 1.82) is 0 Å². The summed E-state index contributed by atoms with van der Waals surface area (Å²) in [6.07, 6.45) is -3.73. The molecule has 7 heteroatoms. The maximum Gasteiger partial charge on any atom is 0.417 e. The number of alkyl halides is 3. The first-order valence-corrected chi connectivity index (χ1v) is 6.45. The number of halogens is 5. The molecule has 0 bridgehead atoms. The van der Waals surface area contributed by atoms with Gasteiger partial charge in [-0.1, -0.05) is 12.1 Å². The summed E-state index contributed by atoms with van der Waals surface area (Å²) in [6.45, 7) is 0. The highest BCUT2D eigenvalue weighted by Gasteiger charge is 2.30. The van der Waals surface area contributed by atoms with E-state index in [1.54, 1.807) is 0 Å². The van der Waals surface area contributed by atoms with E-state index in [4.69, 9.17) is 0 Å². The normalized spacial score (nSPS) is 11.7. The molecule has 0 saturated heterocycles. The van der Waals surface area contributed by atoms with Crippen molar-refractivity contribution in [2.75, 3.05) is 0 Å². The van der Waals surface area contributed by atoms with Crippen LogP contribution in [0.3, 0.4) is 0 Å². The summed E-state index contributed by atoms with van der Waals surface area (Å²) in [5.74, 6) is -1.82. The molecule has 0 aliphatic rings. The van der Waals surface area contributed by atoms with Crippen molar-refractivity contribution in [3.8, 4) is 0 Å². The van der Waals surface area contributed by atoms with Crippen LogP contribution in [0.15, 0.2) is 41.6 Å². The maximum absolute atomic E-state index is 13.4. The number of hydrogen-bond donors (Lipinski definition) is 0. The lowest BCUT2D eigenvalue weighted by atomic mass is 10.2. The minimum atomic E-state index is -4.44. The van der Waals surface area contributed by atoms with Crippen molar-refractivity contribution in [3.63, 3.8) is 0 Å². The SMILES string of the molecule is Fc1cccc(CSc2ccc(C(F)(F)F)cn2)c1F. The lowest BCUT2D eigenvalue weighted by molar-refractivity contribution is -0.137. The predicted molar refractivity (Wildman–Crippen MR) is 65.2 cm³/mol. The van der Waals surface area contributed by atoms with Gasteiger partial charge in [0.25, 0.3) is 0 Å². The topological polar surface area (TPSA) is 12.9 Å². The Kier molecular flexibility index (Phi) is 4.27. The molecule has 0 aliphatic carbocycles. The highest BCUT2D eigenvalue weighted by molar-refractivity contribution is 7.98. The zero-order valence-electron chi connectivity index (χ0n) is 9.92. The highest BCUT2D eigenvalue weighted by Crippen LogP contribution is 2.30. The third-order valence-corrected chi connectivity index (χ3v) is 3.46. The molecule has 2 aromatic rings. The molecule has 20 heavy (non-hydrogen) atoms. The summed E-state index contributed by atoms with van der Waals surface area (Å²) >= 11 is 1.03. The largest absolute Gasteiger partial charge is 0.417 e. The molecule has 0 unspecified atom stereocenters. The van der Waals surface area contributed by atoms with Crippen LogP contribution in [0.25, 0.3) is 0 Å². The molecule has 0 N–H and O–H groups in total. The average molecular weight is 305 g/mol. The molecule has 1 heterocycles. The van der Waals surface area contributed by atoms with Gasteiger partial charge < -0.3 is 0 Å². The maximum atomic E-state index is 13.4. The van der Waals surface area contributed by atoms with Crippen molar-refractivity contribution >= 4 is 11.8 Å². The van der Waals surface area contributed by atoms with Crippen molar-refractivity contribution in [2.24, 2.45) is 0 Å². The molecule has 0 atom stereocenters. The van der Waals surface area contributed by atoms with E-state index in [0.29, 0.717) is 11.2 Å². The Hall–Kier alpha value is -1.63. The first kappa shape index (κ1) is 14.8. The molecule has 0 aliphatic heterocycles. The smallest absolute Gasteiger partial charge is 0.249 e. The first-order chi connectivity index (χ1) is 9.38. The molecular formula is C13H8F5NS. The molecule has 0 amide bonds. The van der Waals surface area contributed by atoms with Gasteiger partial charge in [0.05, 0.1) is 10.6 Å². The third kappa shape index (κ3) is 3.47. The van der Waals surface area contributed by atoms with Crippen molar-refractivity contribution < 1.29 is 22.0 Å². The van der Waals surface area contributed by atoms with E-state index in [0.717, 1.165) is 23.9 Å². The number of pyridine rings is 1. The van der Waals surface area contributed by atoms with Crippen LogP contribution in [0.2, 0.25) is 0 Å². The molecule has 1 nitrogen and oxygen atoms in total. The summed E-state index contributed by atoms with van der Waals surface area (Å²) < 4.78 is 63.3. The molecule has 0 fully saturated rings. The average Bonchev–Trinajstić information content (AvgIpc) is 2.40. The Morgan fingerprint density at radius 1 is 1.05 bits per heavy atom. The van der Waals surface area contributed by atoms with Crippen molar-refractivity contribution in [3.05, 3.63) is 59.3 Å². The third-order valence-electron chi connectivity index (χ3n) is 2.47. The summed E-state index contributed by atoms with van der Waals surface area (Å²) in [7, 11) is 0. The monoisotopic (exact) mass is 305 g/mol. The van der Waals surface area contributed by atoms with E-state index in [2.05, 4.69) is 4.98 Å². The van der Waals surface area contributed by atoms with E-state index in [-0.39, 0.29) is 11.3 Å². The molecule has 2 rings (SSSR count). The van der Waals surface area contributed by atoms with Crippen LogP contribution in [0, 0.1) is 11.6 Å². The first-order valence-electron chi connectivity index (χ1n) is 5.47. The van der Waals surface area contributed by atoms with Gasteiger partial charge in [-0.05, 0) is 18.2 Å². The van der Waals surface area contributed by atoms with Crippen LogP contribution in [0.5, 0.6) is 0 Å². The van der Waals surface area contributed by atoms with Gasteiger partial charge >= 0.3 is 6.18 Å². The van der Waals surface area contributed by atoms with Crippen molar-refractivity contribution in [2.45, 2.75) is 17.0 Å². The summed E-state index contributed by atoms with van der Waals surface area (Å²) in [5.41, 5.74) is -0.713. The van der Waals surface area contributed by atoms with Gasteiger partial charge in [0.15, 0.2) is 11.6 Å². The van der Waals surface area contributed by atoms with E-state index in [1.165, 1.54) is 18.2 Å². The van der Waals surface area contributed by atoms with Crippen LogP contribution in [-0.4, -0.2) is 4.98 Å². The minimum absolute atomic E-state index is 0.0853. The fraction of sp³-hybridized carbons (Fsp3) is 0.154. The number of rotatable bonds is 3. The second-order valence-corrected chi connectivity index (χ2v) is 4.88. The fourth-order valence-electron chi connectivity index (χ4n) is 1.44. The van der Waals surface area contributed by atoms with Crippen LogP contribution in [0.1, 0.15) is 11.1 Å². The molecule has 1 aromatic heterocycles. The standard InChI is InChI=1S/C13H8F5NS/c14-10-3-1-2-8(12(10)15)7-20-11-5-4-9(6-19-11)13(16,17)18/h1-6H,7H2. The van der Waals surface area contributed by atoms with Gasteiger partial charge in [0, 0.05) is 17.5 Å². The predicted octanol–water partition coefficient (Wildman–Crippen LogP) is 4.67. The number of aromatic nitrogens is 1. The molecule has 0 radical (unpaired) electrons. The van der Waals surface area contributed by atoms with Gasteiger partial charge in [0.2, 0.25) is 0 Å². The van der Waals surface area contributed by atoms with E-state index >= 15 is 0 Å². The van der Waals surface area contributed by atoms with E-state index in [1.807, 2.05) is 0 Å². The van der Waals surface area contributed by atoms with Gasteiger partial charge in [-0.3, -0.25) is 0 Å².